The molecule has 0 aliphatic carbocycles. The average Bonchev–Trinajstić information content (AvgIpc) is 2.77. The zero-order valence-electron chi connectivity index (χ0n) is 15.9. The standard InChI is InChI=1S/C24H18FNO4/c25-20-4-2-1-3-18(20)14-29-19-9-5-16(6-10-19)7-11-22(27)17-8-12-23-21(13-17)26-24(28)15-30-23/h1-13H,14-15H2,(H,26,28)/b11-7+. The number of halogens is 1. The van der Waals surface area contributed by atoms with Gasteiger partial charge >= 0.3 is 0 Å². The van der Waals surface area contributed by atoms with Crippen LogP contribution in [0.25, 0.3) is 6.08 Å². The lowest BCUT2D eigenvalue weighted by molar-refractivity contribution is -0.118. The largest absolute Gasteiger partial charge is 0.489 e. The Morgan fingerprint density at radius 1 is 1.10 bits per heavy atom. The van der Waals surface area contributed by atoms with Gasteiger partial charge in [-0.15, -0.1) is 0 Å². The molecule has 4 rings (SSSR count). The summed E-state index contributed by atoms with van der Waals surface area (Å²) in [6.45, 7) is 0.110. The summed E-state index contributed by atoms with van der Waals surface area (Å²) in [4.78, 5) is 23.9. The molecule has 1 heterocycles. The molecular formula is C24H18FNO4. The molecule has 1 amide bonds. The highest BCUT2D eigenvalue weighted by molar-refractivity contribution is 6.08. The van der Waals surface area contributed by atoms with Crippen molar-refractivity contribution in [3.8, 4) is 11.5 Å². The highest BCUT2D eigenvalue weighted by atomic mass is 19.1. The van der Waals surface area contributed by atoms with Crippen molar-refractivity contribution in [1.29, 1.82) is 0 Å². The third-order valence-corrected chi connectivity index (χ3v) is 4.56. The molecule has 0 aromatic heterocycles. The minimum absolute atomic E-state index is 0.0276. The topological polar surface area (TPSA) is 64.6 Å². The first-order valence-corrected chi connectivity index (χ1v) is 9.34. The van der Waals surface area contributed by atoms with Crippen molar-refractivity contribution in [2.45, 2.75) is 6.61 Å². The molecule has 6 heteroatoms. The van der Waals surface area contributed by atoms with Gasteiger partial charge in [-0.3, -0.25) is 9.59 Å². The number of carbonyl (C=O) groups is 2. The van der Waals surface area contributed by atoms with Crippen molar-refractivity contribution >= 4 is 23.5 Å². The Hall–Kier alpha value is -3.93. The highest BCUT2D eigenvalue weighted by Gasteiger charge is 2.17. The monoisotopic (exact) mass is 403 g/mol. The predicted molar refractivity (Wildman–Crippen MR) is 111 cm³/mol. The summed E-state index contributed by atoms with van der Waals surface area (Å²) in [6.07, 6.45) is 3.15. The van der Waals surface area contributed by atoms with Gasteiger partial charge in [0.25, 0.3) is 5.91 Å². The molecule has 30 heavy (non-hydrogen) atoms. The first-order valence-electron chi connectivity index (χ1n) is 9.34. The van der Waals surface area contributed by atoms with Crippen LogP contribution in [0.3, 0.4) is 0 Å². The lowest BCUT2D eigenvalue weighted by atomic mass is 10.1. The highest BCUT2D eigenvalue weighted by Crippen LogP contribution is 2.28. The van der Waals surface area contributed by atoms with E-state index in [9.17, 15) is 14.0 Å². The smallest absolute Gasteiger partial charge is 0.262 e. The van der Waals surface area contributed by atoms with Gasteiger partial charge in [-0.25, -0.2) is 4.39 Å². The Labute approximate surface area is 172 Å². The van der Waals surface area contributed by atoms with Crippen molar-refractivity contribution in [1.82, 2.24) is 0 Å². The lowest BCUT2D eigenvalue weighted by Crippen LogP contribution is -2.25. The van der Waals surface area contributed by atoms with E-state index in [2.05, 4.69) is 5.32 Å². The van der Waals surface area contributed by atoms with Crippen molar-refractivity contribution in [2.24, 2.45) is 0 Å². The van der Waals surface area contributed by atoms with Crippen molar-refractivity contribution in [2.75, 3.05) is 11.9 Å². The Morgan fingerprint density at radius 3 is 2.70 bits per heavy atom. The molecule has 0 saturated heterocycles. The maximum Gasteiger partial charge on any atom is 0.262 e. The molecule has 150 valence electrons. The molecule has 0 fully saturated rings. The fraction of sp³-hybridized carbons (Fsp3) is 0.0833. The number of allylic oxidation sites excluding steroid dienone is 1. The summed E-state index contributed by atoms with van der Waals surface area (Å²) >= 11 is 0. The quantitative estimate of drug-likeness (QED) is 0.481. The van der Waals surface area contributed by atoms with Gasteiger partial charge in [0, 0.05) is 11.1 Å². The van der Waals surface area contributed by atoms with Crippen LogP contribution in [-0.4, -0.2) is 18.3 Å². The van der Waals surface area contributed by atoms with E-state index >= 15 is 0 Å². The van der Waals surface area contributed by atoms with Gasteiger partial charge in [-0.1, -0.05) is 36.4 Å². The van der Waals surface area contributed by atoms with Gasteiger partial charge in [0.15, 0.2) is 12.4 Å². The molecule has 0 atom stereocenters. The summed E-state index contributed by atoms with van der Waals surface area (Å²) in [5, 5.41) is 2.68. The van der Waals surface area contributed by atoms with Crippen LogP contribution in [0.2, 0.25) is 0 Å². The van der Waals surface area contributed by atoms with Gasteiger partial charge in [-0.2, -0.15) is 0 Å². The molecule has 3 aromatic carbocycles. The van der Waals surface area contributed by atoms with Gasteiger partial charge in [0.05, 0.1) is 5.69 Å². The average molecular weight is 403 g/mol. The first kappa shape index (κ1) is 19.4. The number of hydrogen-bond acceptors (Lipinski definition) is 4. The molecule has 5 nitrogen and oxygen atoms in total. The molecule has 3 aromatic rings. The predicted octanol–water partition coefficient (Wildman–Crippen LogP) is 4.63. The second kappa shape index (κ2) is 8.61. The second-order valence-corrected chi connectivity index (χ2v) is 6.69. The Morgan fingerprint density at radius 2 is 1.90 bits per heavy atom. The molecular weight excluding hydrogens is 385 g/mol. The minimum atomic E-state index is -0.302. The van der Waals surface area contributed by atoms with Gasteiger partial charge in [0.1, 0.15) is 23.9 Å². The molecule has 0 unspecified atom stereocenters. The van der Waals surface area contributed by atoms with Crippen LogP contribution in [0, 0.1) is 5.82 Å². The summed E-state index contributed by atoms with van der Waals surface area (Å²) < 4.78 is 24.5. The third-order valence-electron chi connectivity index (χ3n) is 4.56. The molecule has 0 saturated carbocycles. The molecule has 0 radical (unpaired) electrons. The van der Waals surface area contributed by atoms with E-state index in [1.54, 1.807) is 66.7 Å². The van der Waals surface area contributed by atoms with Gasteiger partial charge in [0.2, 0.25) is 0 Å². The number of carbonyl (C=O) groups excluding carboxylic acids is 2. The van der Waals surface area contributed by atoms with Gasteiger partial charge in [-0.05, 0) is 48.0 Å². The lowest BCUT2D eigenvalue weighted by Gasteiger charge is -2.17. The van der Waals surface area contributed by atoms with Crippen molar-refractivity contribution < 1.29 is 23.5 Å². The van der Waals surface area contributed by atoms with Crippen molar-refractivity contribution in [3.05, 3.63) is 95.3 Å². The maximum absolute atomic E-state index is 13.6. The zero-order valence-corrected chi connectivity index (χ0v) is 15.9. The molecule has 0 bridgehead atoms. The van der Waals surface area contributed by atoms with E-state index in [-0.39, 0.29) is 30.7 Å². The summed E-state index contributed by atoms with van der Waals surface area (Å²) in [5.74, 6) is 0.398. The fourth-order valence-corrected chi connectivity index (χ4v) is 2.96. The van der Waals surface area contributed by atoms with Crippen LogP contribution in [0.1, 0.15) is 21.5 Å². The number of nitrogens with one attached hydrogen (secondary N) is 1. The van der Waals surface area contributed by atoms with E-state index in [1.807, 2.05) is 0 Å². The number of hydrogen-bond donors (Lipinski definition) is 1. The summed E-state index contributed by atoms with van der Waals surface area (Å²) in [6, 6.07) is 18.5. The number of amides is 1. The van der Waals surface area contributed by atoms with E-state index in [1.165, 1.54) is 12.1 Å². The number of anilines is 1. The Kier molecular flexibility index (Phi) is 5.57. The molecule has 0 spiro atoms. The summed E-state index contributed by atoms with van der Waals surface area (Å²) in [7, 11) is 0. The normalized spacial score (nSPS) is 12.8. The SMILES string of the molecule is O=C1COc2ccc(C(=O)/C=C/c3ccc(OCc4ccccc4F)cc3)cc2N1. The number of ketones is 1. The van der Waals surface area contributed by atoms with E-state index in [4.69, 9.17) is 9.47 Å². The Bertz CT molecular complexity index is 1120. The number of fused-ring (bicyclic) bond motifs is 1. The third kappa shape index (κ3) is 4.55. The van der Waals surface area contributed by atoms with Crippen LogP contribution < -0.4 is 14.8 Å². The van der Waals surface area contributed by atoms with Crippen molar-refractivity contribution in [3.63, 3.8) is 0 Å². The second-order valence-electron chi connectivity index (χ2n) is 6.69. The first-order chi connectivity index (χ1) is 14.6. The van der Waals surface area contributed by atoms with E-state index < -0.39 is 0 Å². The van der Waals surface area contributed by atoms with Crippen LogP contribution >= 0.6 is 0 Å². The molecule has 1 aliphatic heterocycles. The van der Waals surface area contributed by atoms with Crippen LogP contribution in [0.4, 0.5) is 10.1 Å². The fourth-order valence-electron chi connectivity index (χ4n) is 2.96. The Balaban J connectivity index is 1.38. The minimum Gasteiger partial charge on any atom is -0.489 e. The summed E-state index contributed by atoms with van der Waals surface area (Å²) in [5.41, 5.74) is 2.23. The van der Waals surface area contributed by atoms with Crippen LogP contribution in [-0.2, 0) is 11.4 Å². The van der Waals surface area contributed by atoms with E-state index in [0.717, 1.165) is 5.56 Å². The number of benzene rings is 3. The zero-order chi connectivity index (χ0) is 20.9. The maximum atomic E-state index is 13.6. The number of ether oxygens (including phenoxy) is 2. The van der Waals surface area contributed by atoms with E-state index in [0.29, 0.717) is 28.3 Å². The van der Waals surface area contributed by atoms with Crippen LogP contribution in [0.15, 0.2) is 72.8 Å². The van der Waals surface area contributed by atoms with Gasteiger partial charge < -0.3 is 14.8 Å². The van der Waals surface area contributed by atoms with Crippen LogP contribution in [0.5, 0.6) is 11.5 Å². The molecule has 1 aliphatic rings. The molecule has 1 N–H and O–H groups in total. The number of rotatable bonds is 6.